The fourth-order valence-electron chi connectivity index (χ4n) is 3.98. The molecule has 4 rings (SSSR count). The number of benzene rings is 1. The third kappa shape index (κ3) is 1.83. The van der Waals surface area contributed by atoms with Gasteiger partial charge in [-0.25, -0.2) is 0 Å². The number of phenolic OH excluding ortho intramolecular Hbond substituents is 1. The van der Waals surface area contributed by atoms with Crippen LogP contribution in [0.5, 0.6) is 5.75 Å². The minimum Gasteiger partial charge on any atom is -0.508 e. The summed E-state index contributed by atoms with van der Waals surface area (Å²) in [6, 6.07) is 7.62. The van der Waals surface area contributed by atoms with Crippen LogP contribution in [0.25, 0.3) is 0 Å². The van der Waals surface area contributed by atoms with Gasteiger partial charge < -0.3 is 9.84 Å². The number of ether oxygens (including phenoxy) is 1. The molecular weight excluding hydrogens is 240 g/mol. The summed E-state index contributed by atoms with van der Waals surface area (Å²) in [4.78, 5) is 12.0. The highest BCUT2D eigenvalue weighted by atomic mass is 16.5. The SMILES string of the molecule is COC(=O)C12CCC(c3cccc(O)c3)(CC1)CC2. The average Bonchev–Trinajstić information content (AvgIpc) is 2.48. The Balaban J connectivity index is 1.87. The van der Waals surface area contributed by atoms with Gasteiger partial charge in [0, 0.05) is 0 Å². The first kappa shape index (κ1) is 12.5. The second-order valence-electron chi connectivity index (χ2n) is 6.10. The molecule has 19 heavy (non-hydrogen) atoms. The molecule has 3 aliphatic rings. The number of carbonyl (C=O) groups excluding carboxylic acids is 1. The van der Waals surface area contributed by atoms with Gasteiger partial charge in [0.1, 0.15) is 5.75 Å². The minimum atomic E-state index is -0.229. The van der Waals surface area contributed by atoms with Gasteiger partial charge in [-0.2, -0.15) is 0 Å². The van der Waals surface area contributed by atoms with E-state index in [-0.39, 0.29) is 16.8 Å². The van der Waals surface area contributed by atoms with E-state index in [1.165, 1.54) is 12.7 Å². The highest BCUT2D eigenvalue weighted by Gasteiger charge is 2.53. The first-order chi connectivity index (χ1) is 9.10. The lowest BCUT2D eigenvalue weighted by molar-refractivity contribution is -0.160. The molecule has 2 bridgehead atoms. The highest BCUT2D eigenvalue weighted by molar-refractivity contribution is 5.77. The second kappa shape index (κ2) is 4.26. The second-order valence-corrected chi connectivity index (χ2v) is 6.10. The molecule has 1 aromatic rings. The van der Waals surface area contributed by atoms with Gasteiger partial charge >= 0.3 is 5.97 Å². The van der Waals surface area contributed by atoms with Gasteiger partial charge in [-0.1, -0.05) is 12.1 Å². The van der Waals surface area contributed by atoms with Crippen LogP contribution in [0.15, 0.2) is 24.3 Å². The van der Waals surface area contributed by atoms with E-state index >= 15 is 0 Å². The molecule has 3 aliphatic carbocycles. The van der Waals surface area contributed by atoms with E-state index in [9.17, 15) is 9.90 Å². The van der Waals surface area contributed by atoms with Crippen molar-refractivity contribution in [2.75, 3.05) is 7.11 Å². The standard InChI is InChI=1S/C16H20O3/c1-19-14(18)16-8-5-15(6-9-16,7-10-16)12-3-2-4-13(17)11-12/h2-4,11,17H,5-10H2,1H3. The fraction of sp³-hybridized carbons (Fsp3) is 0.562. The van der Waals surface area contributed by atoms with Gasteiger partial charge in [-0.3, -0.25) is 4.79 Å². The average molecular weight is 260 g/mol. The van der Waals surface area contributed by atoms with E-state index in [2.05, 4.69) is 6.07 Å². The van der Waals surface area contributed by atoms with E-state index in [1.54, 1.807) is 6.07 Å². The molecule has 0 amide bonds. The largest absolute Gasteiger partial charge is 0.508 e. The van der Waals surface area contributed by atoms with Crippen molar-refractivity contribution in [3.8, 4) is 5.75 Å². The van der Waals surface area contributed by atoms with Crippen LogP contribution in [0.2, 0.25) is 0 Å². The Morgan fingerprint density at radius 1 is 1.16 bits per heavy atom. The highest BCUT2D eigenvalue weighted by Crippen LogP contribution is 2.58. The number of esters is 1. The summed E-state index contributed by atoms with van der Waals surface area (Å²) >= 11 is 0. The molecule has 0 heterocycles. The number of carbonyl (C=O) groups is 1. The first-order valence-corrected chi connectivity index (χ1v) is 6.98. The van der Waals surface area contributed by atoms with Crippen LogP contribution < -0.4 is 0 Å². The normalized spacial score (nSPS) is 33.1. The molecule has 1 N–H and O–H groups in total. The van der Waals surface area contributed by atoms with E-state index < -0.39 is 0 Å². The van der Waals surface area contributed by atoms with Crippen molar-refractivity contribution in [3.63, 3.8) is 0 Å². The molecule has 0 atom stereocenters. The van der Waals surface area contributed by atoms with Crippen molar-refractivity contribution in [2.45, 2.75) is 43.9 Å². The van der Waals surface area contributed by atoms with Gasteiger partial charge in [-0.05, 0) is 61.6 Å². The van der Waals surface area contributed by atoms with E-state index in [1.807, 2.05) is 12.1 Å². The van der Waals surface area contributed by atoms with Gasteiger partial charge in [-0.15, -0.1) is 0 Å². The summed E-state index contributed by atoms with van der Waals surface area (Å²) in [6.45, 7) is 0. The Bertz CT molecular complexity index is 482. The molecule has 0 spiro atoms. The van der Waals surface area contributed by atoms with Crippen LogP contribution in [-0.4, -0.2) is 18.2 Å². The van der Waals surface area contributed by atoms with Gasteiger partial charge in [0.2, 0.25) is 0 Å². The zero-order valence-electron chi connectivity index (χ0n) is 11.3. The monoisotopic (exact) mass is 260 g/mol. The van der Waals surface area contributed by atoms with Crippen molar-refractivity contribution in [2.24, 2.45) is 5.41 Å². The molecule has 102 valence electrons. The van der Waals surface area contributed by atoms with Crippen molar-refractivity contribution in [1.29, 1.82) is 0 Å². The Hall–Kier alpha value is -1.51. The first-order valence-electron chi connectivity index (χ1n) is 6.98. The number of phenols is 1. The molecule has 0 saturated heterocycles. The fourth-order valence-corrected chi connectivity index (χ4v) is 3.98. The number of hydrogen-bond donors (Lipinski definition) is 1. The van der Waals surface area contributed by atoms with Crippen LogP contribution in [0.3, 0.4) is 0 Å². The predicted molar refractivity (Wildman–Crippen MR) is 71.9 cm³/mol. The Morgan fingerprint density at radius 3 is 2.32 bits per heavy atom. The van der Waals surface area contributed by atoms with Crippen LogP contribution in [0.4, 0.5) is 0 Å². The number of rotatable bonds is 2. The Kier molecular flexibility index (Phi) is 2.80. The summed E-state index contributed by atoms with van der Waals surface area (Å²) in [5.74, 6) is 0.305. The zero-order valence-corrected chi connectivity index (χ0v) is 11.3. The van der Waals surface area contributed by atoms with Crippen molar-refractivity contribution < 1.29 is 14.6 Å². The van der Waals surface area contributed by atoms with Gasteiger partial charge in [0.05, 0.1) is 12.5 Å². The topological polar surface area (TPSA) is 46.5 Å². The maximum absolute atomic E-state index is 12.0. The molecule has 3 heteroatoms. The quantitative estimate of drug-likeness (QED) is 0.831. The number of hydrogen-bond acceptors (Lipinski definition) is 3. The lowest BCUT2D eigenvalue weighted by Gasteiger charge is -2.52. The molecule has 0 aromatic heterocycles. The Labute approximate surface area is 113 Å². The molecule has 3 saturated carbocycles. The molecule has 0 radical (unpaired) electrons. The summed E-state index contributed by atoms with van der Waals surface area (Å²) in [5.41, 5.74) is 1.16. The summed E-state index contributed by atoms with van der Waals surface area (Å²) in [6.07, 6.45) is 5.79. The third-order valence-corrected chi connectivity index (χ3v) is 5.32. The van der Waals surface area contributed by atoms with Crippen molar-refractivity contribution >= 4 is 5.97 Å². The van der Waals surface area contributed by atoms with Crippen molar-refractivity contribution in [1.82, 2.24) is 0 Å². The molecule has 0 aliphatic heterocycles. The lowest BCUT2D eigenvalue weighted by Crippen LogP contribution is -2.48. The third-order valence-electron chi connectivity index (χ3n) is 5.32. The maximum atomic E-state index is 12.0. The van der Waals surface area contributed by atoms with Crippen molar-refractivity contribution in [3.05, 3.63) is 29.8 Å². The predicted octanol–water partition coefficient (Wildman–Crippen LogP) is 3.16. The van der Waals surface area contributed by atoms with E-state index in [4.69, 9.17) is 4.74 Å². The molecule has 0 unspecified atom stereocenters. The van der Waals surface area contributed by atoms with Crippen LogP contribution in [0.1, 0.15) is 44.1 Å². The van der Waals surface area contributed by atoms with E-state index in [0.717, 1.165) is 38.5 Å². The van der Waals surface area contributed by atoms with Crippen LogP contribution >= 0.6 is 0 Å². The number of aromatic hydroxyl groups is 1. The Morgan fingerprint density at radius 2 is 1.79 bits per heavy atom. The van der Waals surface area contributed by atoms with Gasteiger partial charge in [0.25, 0.3) is 0 Å². The molecule has 3 nitrogen and oxygen atoms in total. The summed E-state index contributed by atoms with van der Waals surface area (Å²) in [5, 5.41) is 9.67. The zero-order chi connectivity index (χ0) is 13.5. The maximum Gasteiger partial charge on any atom is 0.311 e. The lowest BCUT2D eigenvalue weighted by atomic mass is 9.52. The smallest absolute Gasteiger partial charge is 0.311 e. The molecular formula is C16H20O3. The van der Waals surface area contributed by atoms with E-state index in [0.29, 0.717) is 5.75 Å². The van der Waals surface area contributed by atoms with Crippen LogP contribution in [0, 0.1) is 5.41 Å². The summed E-state index contributed by atoms with van der Waals surface area (Å²) < 4.78 is 4.99. The minimum absolute atomic E-state index is 0.0308. The summed E-state index contributed by atoms with van der Waals surface area (Å²) in [7, 11) is 1.49. The number of fused-ring (bicyclic) bond motifs is 3. The molecule has 3 fully saturated rings. The van der Waals surface area contributed by atoms with Crippen LogP contribution in [-0.2, 0) is 14.9 Å². The number of methoxy groups -OCH3 is 1. The van der Waals surface area contributed by atoms with Gasteiger partial charge in [0.15, 0.2) is 0 Å². The molecule has 1 aromatic carbocycles.